The van der Waals surface area contributed by atoms with Gasteiger partial charge >= 0.3 is 0 Å². The third-order valence-corrected chi connectivity index (χ3v) is 3.04. The molecule has 0 spiro atoms. The van der Waals surface area contributed by atoms with E-state index >= 15 is 0 Å². The van der Waals surface area contributed by atoms with Crippen LogP contribution in [0.5, 0.6) is 0 Å². The molecule has 0 saturated carbocycles. The minimum absolute atomic E-state index is 0.405. The van der Waals surface area contributed by atoms with Gasteiger partial charge in [-0.15, -0.1) is 0 Å². The van der Waals surface area contributed by atoms with E-state index in [1.165, 1.54) is 0 Å². The first-order chi connectivity index (χ1) is 8.61. The molecule has 4 heteroatoms. The molecule has 0 aromatic heterocycles. The summed E-state index contributed by atoms with van der Waals surface area (Å²) in [4.78, 5) is 2.17. The minimum Gasteiger partial charge on any atom is -0.395 e. The standard InChI is InChI=1S/C14H24N4/c1-4-11(2)18-10-6-5-7-13(18)14(16)12(3)17-9-8-15/h5-7,10-11,17H,3-4,8-9,15-16H2,1-2H3/b14-13+. The Balaban J connectivity index is 2.91. The zero-order valence-electron chi connectivity index (χ0n) is 11.3. The number of nitrogens with two attached hydrogens (primary N) is 2. The van der Waals surface area contributed by atoms with Crippen molar-refractivity contribution in [3.05, 3.63) is 48.1 Å². The summed E-state index contributed by atoms with van der Waals surface area (Å²) in [5.41, 5.74) is 14.0. The van der Waals surface area contributed by atoms with Crippen molar-refractivity contribution in [1.29, 1.82) is 0 Å². The Hall–Kier alpha value is -1.68. The molecule has 1 rings (SSSR count). The Kier molecular flexibility index (Phi) is 5.52. The average Bonchev–Trinajstić information content (AvgIpc) is 2.43. The van der Waals surface area contributed by atoms with Crippen LogP contribution in [0.1, 0.15) is 20.3 Å². The van der Waals surface area contributed by atoms with Crippen LogP contribution in [0.3, 0.4) is 0 Å². The molecular formula is C14H24N4. The molecule has 4 nitrogen and oxygen atoms in total. The monoisotopic (exact) mass is 248 g/mol. The van der Waals surface area contributed by atoms with Crippen molar-refractivity contribution < 1.29 is 0 Å². The number of hydrogen-bond donors (Lipinski definition) is 3. The van der Waals surface area contributed by atoms with Crippen LogP contribution in [0.4, 0.5) is 0 Å². The fourth-order valence-corrected chi connectivity index (χ4v) is 1.74. The number of hydrogen-bond acceptors (Lipinski definition) is 4. The summed E-state index contributed by atoms with van der Waals surface area (Å²) in [6, 6.07) is 0.405. The van der Waals surface area contributed by atoms with Gasteiger partial charge in [-0.2, -0.15) is 0 Å². The summed E-state index contributed by atoms with van der Waals surface area (Å²) < 4.78 is 0. The van der Waals surface area contributed by atoms with Crippen molar-refractivity contribution in [2.75, 3.05) is 13.1 Å². The first kappa shape index (κ1) is 14.4. The SMILES string of the molecule is C=C(NCCN)/C(N)=C1/C=CC=CN1C(C)CC. The number of allylic oxidation sites excluding steroid dienone is 3. The van der Waals surface area contributed by atoms with E-state index in [0.717, 1.165) is 17.8 Å². The van der Waals surface area contributed by atoms with Crippen LogP contribution >= 0.6 is 0 Å². The van der Waals surface area contributed by atoms with E-state index in [2.05, 4.69) is 30.6 Å². The zero-order valence-corrected chi connectivity index (χ0v) is 11.3. The predicted octanol–water partition coefficient (Wildman–Crippen LogP) is 1.40. The van der Waals surface area contributed by atoms with Crippen molar-refractivity contribution in [3.63, 3.8) is 0 Å². The van der Waals surface area contributed by atoms with Crippen LogP contribution in [0, 0.1) is 0 Å². The molecule has 1 aliphatic heterocycles. The Morgan fingerprint density at radius 1 is 1.50 bits per heavy atom. The van der Waals surface area contributed by atoms with Gasteiger partial charge in [0.2, 0.25) is 0 Å². The smallest absolute Gasteiger partial charge is 0.0784 e. The third-order valence-electron chi connectivity index (χ3n) is 3.04. The highest BCUT2D eigenvalue weighted by Crippen LogP contribution is 2.21. The van der Waals surface area contributed by atoms with Gasteiger partial charge < -0.3 is 21.7 Å². The largest absolute Gasteiger partial charge is 0.395 e. The molecule has 0 bridgehead atoms. The maximum atomic E-state index is 6.17. The maximum absolute atomic E-state index is 6.17. The van der Waals surface area contributed by atoms with E-state index in [1.54, 1.807) is 0 Å². The summed E-state index contributed by atoms with van der Waals surface area (Å²) in [6.45, 7) is 9.52. The van der Waals surface area contributed by atoms with Gasteiger partial charge in [0.25, 0.3) is 0 Å². The second kappa shape index (κ2) is 6.91. The predicted molar refractivity (Wildman–Crippen MR) is 77.3 cm³/mol. The van der Waals surface area contributed by atoms with E-state index in [9.17, 15) is 0 Å². The van der Waals surface area contributed by atoms with Crippen LogP contribution in [0.25, 0.3) is 0 Å². The van der Waals surface area contributed by atoms with Gasteiger partial charge in [0, 0.05) is 25.3 Å². The van der Waals surface area contributed by atoms with Crippen LogP contribution in [-0.2, 0) is 0 Å². The fourth-order valence-electron chi connectivity index (χ4n) is 1.74. The van der Waals surface area contributed by atoms with Crippen molar-refractivity contribution in [2.45, 2.75) is 26.3 Å². The molecule has 1 aliphatic rings. The summed E-state index contributed by atoms with van der Waals surface area (Å²) in [7, 11) is 0. The molecule has 18 heavy (non-hydrogen) atoms. The van der Waals surface area contributed by atoms with Crippen molar-refractivity contribution in [2.24, 2.45) is 11.5 Å². The lowest BCUT2D eigenvalue weighted by molar-refractivity contribution is 0.355. The molecule has 0 radical (unpaired) electrons. The zero-order chi connectivity index (χ0) is 13.5. The molecule has 0 fully saturated rings. The molecule has 0 aliphatic carbocycles. The highest BCUT2D eigenvalue weighted by molar-refractivity contribution is 5.39. The molecular weight excluding hydrogens is 224 g/mol. The van der Waals surface area contributed by atoms with Gasteiger partial charge in [-0.3, -0.25) is 0 Å². The third kappa shape index (κ3) is 3.40. The van der Waals surface area contributed by atoms with Gasteiger partial charge in [0.05, 0.1) is 17.1 Å². The van der Waals surface area contributed by atoms with Crippen molar-refractivity contribution >= 4 is 0 Å². The topological polar surface area (TPSA) is 67.3 Å². The van der Waals surface area contributed by atoms with Crippen molar-refractivity contribution in [1.82, 2.24) is 10.2 Å². The van der Waals surface area contributed by atoms with Gasteiger partial charge in [-0.05, 0) is 25.5 Å². The first-order valence-electron chi connectivity index (χ1n) is 6.38. The molecule has 1 unspecified atom stereocenters. The highest BCUT2D eigenvalue weighted by atomic mass is 15.2. The summed E-state index contributed by atoms with van der Waals surface area (Å²) in [5, 5.41) is 3.12. The van der Waals surface area contributed by atoms with E-state index in [-0.39, 0.29) is 0 Å². The first-order valence-corrected chi connectivity index (χ1v) is 6.38. The average molecular weight is 248 g/mol. The van der Waals surface area contributed by atoms with Crippen LogP contribution in [0.2, 0.25) is 0 Å². The molecule has 100 valence electrons. The molecule has 0 aromatic carbocycles. The lowest BCUT2D eigenvalue weighted by Gasteiger charge is -2.31. The number of rotatable bonds is 6. The normalized spacial score (nSPS) is 18.7. The van der Waals surface area contributed by atoms with Crippen LogP contribution in [0.15, 0.2) is 48.1 Å². The van der Waals surface area contributed by atoms with Gasteiger partial charge in [-0.25, -0.2) is 0 Å². The van der Waals surface area contributed by atoms with E-state index in [4.69, 9.17) is 11.5 Å². The fraction of sp³-hybridized carbons (Fsp3) is 0.429. The Labute approximate surface area is 110 Å². The second-order valence-electron chi connectivity index (χ2n) is 4.36. The van der Waals surface area contributed by atoms with Crippen LogP contribution < -0.4 is 16.8 Å². The van der Waals surface area contributed by atoms with Crippen molar-refractivity contribution in [3.8, 4) is 0 Å². The van der Waals surface area contributed by atoms with Gasteiger partial charge in [0.15, 0.2) is 0 Å². The molecule has 1 heterocycles. The minimum atomic E-state index is 0.405. The quantitative estimate of drug-likeness (QED) is 0.665. The molecule has 0 aromatic rings. The van der Waals surface area contributed by atoms with E-state index in [0.29, 0.717) is 24.8 Å². The summed E-state index contributed by atoms with van der Waals surface area (Å²) in [6.07, 6.45) is 9.11. The Morgan fingerprint density at radius 3 is 2.83 bits per heavy atom. The highest BCUT2D eigenvalue weighted by Gasteiger charge is 2.16. The summed E-state index contributed by atoms with van der Waals surface area (Å²) in [5.74, 6) is 0. The molecule has 1 atom stereocenters. The number of nitrogens with one attached hydrogen (secondary N) is 1. The maximum Gasteiger partial charge on any atom is 0.0784 e. The lowest BCUT2D eigenvalue weighted by atomic mass is 10.1. The number of nitrogens with zero attached hydrogens (tertiary/aromatic N) is 1. The van der Waals surface area contributed by atoms with E-state index in [1.807, 2.05) is 24.4 Å². The van der Waals surface area contributed by atoms with Gasteiger partial charge in [-0.1, -0.05) is 19.6 Å². The summed E-state index contributed by atoms with van der Waals surface area (Å²) >= 11 is 0. The molecule has 0 saturated heterocycles. The van der Waals surface area contributed by atoms with E-state index < -0.39 is 0 Å². The lowest BCUT2D eigenvalue weighted by Crippen LogP contribution is -2.32. The Bertz CT molecular complexity index is 379. The van der Waals surface area contributed by atoms with Crippen LogP contribution in [-0.4, -0.2) is 24.0 Å². The van der Waals surface area contributed by atoms with Gasteiger partial charge in [0.1, 0.15) is 0 Å². The molecule has 0 amide bonds. The Morgan fingerprint density at radius 2 is 2.22 bits per heavy atom. The second-order valence-corrected chi connectivity index (χ2v) is 4.36. The molecule has 5 N–H and O–H groups in total.